The summed E-state index contributed by atoms with van der Waals surface area (Å²) in [6.45, 7) is 14.6. The number of benzene rings is 3. The predicted molar refractivity (Wildman–Crippen MR) is 175 cm³/mol. The van der Waals surface area contributed by atoms with Gasteiger partial charge in [0.15, 0.2) is 0 Å². The Balaban J connectivity index is 0.000000204. The van der Waals surface area contributed by atoms with Gasteiger partial charge in [-0.15, -0.1) is 54.1 Å². The first kappa shape index (κ1) is 31.9. The summed E-state index contributed by atoms with van der Waals surface area (Å²) in [5.41, 5.74) is 5.86. The number of furan rings is 1. The minimum absolute atomic E-state index is 0. The molecule has 7 heteroatoms. The van der Waals surface area contributed by atoms with Gasteiger partial charge in [-0.1, -0.05) is 76.0 Å². The van der Waals surface area contributed by atoms with Crippen LogP contribution >= 0.6 is 0 Å². The third-order valence-electron chi connectivity index (χ3n) is 7.39. The Kier molecular flexibility index (Phi) is 9.89. The van der Waals surface area contributed by atoms with Crippen LogP contribution in [0, 0.1) is 23.8 Å². The van der Waals surface area contributed by atoms with Crippen molar-refractivity contribution in [1.82, 2.24) is 9.97 Å². The molecule has 0 saturated heterocycles. The fraction of sp³-hybridized carbons (Fsp3) is 0.243. The molecule has 6 rings (SSSR count). The molecule has 0 atom stereocenters. The van der Waals surface area contributed by atoms with E-state index in [-0.39, 0.29) is 37.7 Å². The van der Waals surface area contributed by atoms with Crippen molar-refractivity contribution in [2.45, 2.75) is 59.1 Å². The molecule has 44 heavy (non-hydrogen) atoms. The summed E-state index contributed by atoms with van der Waals surface area (Å²) in [6, 6.07) is 26.1. The molecule has 0 saturated carbocycles. The Bertz CT molecular complexity index is 1950. The summed E-state index contributed by atoms with van der Waals surface area (Å²) in [4.78, 5) is 8.80. The molecular weight excluding hydrogens is 747 g/mol. The van der Waals surface area contributed by atoms with Crippen LogP contribution in [0.5, 0.6) is 0 Å². The van der Waals surface area contributed by atoms with E-state index in [2.05, 4.69) is 47.8 Å². The van der Waals surface area contributed by atoms with Gasteiger partial charge in [0, 0.05) is 39.1 Å². The summed E-state index contributed by atoms with van der Waals surface area (Å²) in [5.74, 6) is -1.25. The number of rotatable bonds is 5. The molecule has 3 nitrogen and oxygen atoms in total. The average molecular weight is 784 g/mol. The number of aromatic nitrogens is 2. The average Bonchev–Trinajstić information content (AvgIpc) is 3.34. The van der Waals surface area contributed by atoms with Crippen LogP contribution < -0.4 is 5.19 Å². The van der Waals surface area contributed by atoms with E-state index >= 15 is 0 Å². The van der Waals surface area contributed by atoms with Crippen molar-refractivity contribution in [1.29, 1.82) is 0 Å². The van der Waals surface area contributed by atoms with Crippen LogP contribution in [0.25, 0.3) is 44.5 Å². The standard InChI is InChI=1S/C20H14F2NO.C17H22NSi.Ir/c1-11(2)16-9-18(23-10-17(16)22)15-5-3-4-14-13-7-6-12(21)8-19(13)24-20(14)15;1-13(2)15-11-16(14-9-7-6-8-10-14)18-12-17(15)19(3,4)5;/h3-4,6-11H,1-2H3;6-9,11-13H,1-5H3;/q2*-1;/i;13D;. The maximum atomic E-state index is 13.9. The van der Waals surface area contributed by atoms with Crippen molar-refractivity contribution in [2.75, 3.05) is 0 Å². The minimum Gasteiger partial charge on any atom is -0.500 e. The van der Waals surface area contributed by atoms with E-state index in [0.717, 1.165) is 27.6 Å². The maximum absolute atomic E-state index is 13.9. The van der Waals surface area contributed by atoms with Gasteiger partial charge >= 0.3 is 0 Å². The summed E-state index contributed by atoms with van der Waals surface area (Å²) >= 11 is 0. The molecule has 1 radical (unpaired) electrons. The van der Waals surface area contributed by atoms with Gasteiger partial charge in [-0.25, -0.2) is 8.78 Å². The maximum Gasteiger partial charge on any atom is 0.143 e. The largest absolute Gasteiger partial charge is 0.500 e. The second kappa shape index (κ2) is 13.6. The zero-order chi connectivity index (χ0) is 31.8. The van der Waals surface area contributed by atoms with Crippen LogP contribution in [0.4, 0.5) is 8.78 Å². The number of hydrogen-bond acceptors (Lipinski definition) is 3. The molecule has 0 aliphatic rings. The first-order valence-electron chi connectivity index (χ1n) is 14.9. The number of hydrogen-bond donors (Lipinski definition) is 0. The van der Waals surface area contributed by atoms with Crippen molar-refractivity contribution in [3.63, 3.8) is 0 Å². The van der Waals surface area contributed by atoms with Crippen LogP contribution in [-0.2, 0) is 20.1 Å². The SMILES string of the molecule is CC(C)c1cc(-c2[c-]ccc3c2oc2cc(F)ccc23)ncc1F.[2H]C(C)(C)c1cc(-c2[c-]cccc2)ncc1[Si](C)(C)C.[Ir]. The smallest absolute Gasteiger partial charge is 0.143 e. The van der Waals surface area contributed by atoms with Crippen LogP contribution in [-0.4, -0.2) is 18.0 Å². The molecule has 0 spiro atoms. The fourth-order valence-electron chi connectivity index (χ4n) is 5.11. The normalized spacial score (nSPS) is 12.1. The Morgan fingerprint density at radius 1 is 0.818 bits per heavy atom. The van der Waals surface area contributed by atoms with E-state index in [1.807, 2.05) is 64.2 Å². The first-order valence-corrected chi connectivity index (χ1v) is 17.9. The first-order chi connectivity index (χ1) is 20.7. The quantitative estimate of drug-likeness (QED) is 0.129. The number of halogens is 2. The zero-order valence-electron chi connectivity index (χ0n) is 27.0. The third kappa shape index (κ3) is 7.07. The van der Waals surface area contributed by atoms with E-state index in [0.29, 0.717) is 28.0 Å². The summed E-state index contributed by atoms with van der Waals surface area (Å²) in [5, 5.41) is 2.96. The van der Waals surface area contributed by atoms with Crippen molar-refractivity contribution in [3.05, 3.63) is 114 Å². The van der Waals surface area contributed by atoms with Crippen molar-refractivity contribution >= 4 is 35.2 Å². The number of pyridine rings is 2. The summed E-state index contributed by atoms with van der Waals surface area (Å²) in [6.07, 6.45) is 3.20. The molecule has 0 fully saturated rings. The van der Waals surface area contributed by atoms with Gasteiger partial charge in [-0.2, -0.15) is 0 Å². The molecule has 0 unspecified atom stereocenters. The summed E-state index contributed by atoms with van der Waals surface area (Å²) in [7, 11) is -1.50. The van der Waals surface area contributed by atoms with E-state index < -0.39 is 14.0 Å². The van der Waals surface area contributed by atoms with Gasteiger partial charge in [-0.05, 0) is 46.1 Å². The molecule has 0 aliphatic carbocycles. The molecule has 0 N–H and O–H groups in total. The van der Waals surface area contributed by atoms with Crippen molar-refractivity contribution in [2.24, 2.45) is 0 Å². The molecule has 0 aliphatic heterocycles. The van der Waals surface area contributed by atoms with Crippen LogP contribution in [0.2, 0.25) is 19.6 Å². The fourth-order valence-corrected chi connectivity index (χ4v) is 6.69. The number of nitrogens with zero attached hydrogens (tertiary/aromatic N) is 2. The Morgan fingerprint density at radius 3 is 2.20 bits per heavy atom. The molecule has 0 bridgehead atoms. The Morgan fingerprint density at radius 2 is 1.55 bits per heavy atom. The van der Waals surface area contributed by atoms with Gasteiger partial charge in [-0.3, -0.25) is 0 Å². The minimum atomic E-state index is -1.50. The van der Waals surface area contributed by atoms with Gasteiger partial charge in [0.25, 0.3) is 0 Å². The van der Waals surface area contributed by atoms with E-state index in [4.69, 9.17) is 5.79 Å². The topological polar surface area (TPSA) is 38.9 Å². The third-order valence-corrected chi connectivity index (χ3v) is 9.41. The molecular formula is C37H36F2IrN2OSi-2. The van der Waals surface area contributed by atoms with Crippen LogP contribution in [0.1, 0.15) is 52.0 Å². The Hall–Kier alpha value is -3.51. The van der Waals surface area contributed by atoms with Gasteiger partial charge in [0.2, 0.25) is 0 Å². The van der Waals surface area contributed by atoms with E-state index in [1.54, 1.807) is 18.2 Å². The van der Waals surface area contributed by atoms with Crippen molar-refractivity contribution < 1.29 is 34.7 Å². The molecule has 229 valence electrons. The number of fused-ring (bicyclic) bond motifs is 3. The second-order valence-corrected chi connectivity index (χ2v) is 17.3. The molecule has 6 aromatic rings. The predicted octanol–water partition coefficient (Wildman–Crippen LogP) is 10.1. The molecule has 3 heterocycles. The molecule has 3 aromatic carbocycles. The molecule has 0 amide bonds. The van der Waals surface area contributed by atoms with Gasteiger partial charge < -0.3 is 14.4 Å². The van der Waals surface area contributed by atoms with Crippen LogP contribution in [0.15, 0.2) is 83.5 Å². The van der Waals surface area contributed by atoms with E-state index in [1.165, 1.54) is 23.5 Å². The van der Waals surface area contributed by atoms with Crippen LogP contribution in [0.3, 0.4) is 0 Å². The van der Waals surface area contributed by atoms with Gasteiger partial charge in [0.1, 0.15) is 17.2 Å². The Labute approximate surface area is 274 Å². The monoisotopic (exact) mass is 784 g/mol. The molecule has 3 aromatic heterocycles. The van der Waals surface area contributed by atoms with E-state index in [9.17, 15) is 8.78 Å². The zero-order valence-corrected chi connectivity index (χ0v) is 29.4. The van der Waals surface area contributed by atoms with Crippen molar-refractivity contribution in [3.8, 4) is 22.5 Å². The van der Waals surface area contributed by atoms with Gasteiger partial charge in [0.05, 0.1) is 19.9 Å². The second-order valence-electron chi connectivity index (χ2n) is 12.2. The summed E-state index contributed by atoms with van der Waals surface area (Å²) < 4.78 is 41.7.